The monoisotopic (exact) mass is 506 g/mol. The molecule has 0 spiro atoms. The molecule has 0 aromatic heterocycles. The van der Waals surface area contributed by atoms with E-state index in [4.69, 9.17) is 4.74 Å². The normalized spacial score (nSPS) is 17.8. The molecule has 0 saturated carbocycles. The average molecular weight is 507 g/mol. The smallest absolute Gasteiger partial charge is 0.223 e. The lowest BCUT2D eigenvalue weighted by Gasteiger charge is -2.40. The number of methoxy groups -OCH3 is 1. The number of benzene rings is 2. The van der Waals surface area contributed by atoms with Gasteiger partial charge in [0.15, 0.2) is 0 Å². The van der Waals surface area contributed by atoms with Gasteiger partial charge in [-0.1, -0.05) is 60.7 Å². The van der Waals surface area contributed by atoms with Gasteiger partial charge in [0, 0.05) is 58.7 Å². The Morgan fingerprint density at radius 2 is 1.43 bits per heavy atom. The zero-order valence-corrected chi connectivity index (χ0v) is 22.4. The quantitative estimate of drug-likeness (QED) is 0.495. The molecule has 0 unspecified atom stereocenters. The van der Waals surface area contributed by atoms with Gasteiger partial charge in [-0.05, 0) is 44.1 Å². The maximum absolute atomic E-state index is 13.2. The summed E-state index contributed by atoms with van der Waals surface area (Å²) in [4.78, 5) is 34.9. The van der Waals surface area contributed by atoms with Crippen molar-refractivity contribution in [1.29, 1.82) is 0 Å². The lowest BCUT2D eigenvalue weighted by Crippen LogP contribution is -2.50. The summed E-state index contributed by atoms with van der Waals surface area (Å²) < 4.78 is 5.26. The highest BCUT2D eigenvalue weighted by atomic mass is 16.5. The number of carbonyl (C=O) groups is 2. The number of rotatable bonds is 10. The molecule has 2 aromatic rings. The summed E-state index contributed by atoms with van der Waals surface area (Å²) in [5, 5.41) is 0. The Hall–Kier alpha value is -2.74. The number of nitrogens with zero attached hydrogens (tertiary/aromatic N) is 4. The van der Waals surface area contributed by atoms with Gasteiger partial charge in [-0.15, -0.1) is 0 Å². The van der Waals surface area contributed by atoms with Crippen LogP contribution in [-0.4, -0.2) is 104 Å². The van der Waals surface area contributed by atoms with Gasteiger partial charge in [0.05, 0.1) is 12.6 Å². The van der Waals surface area contributed by atoms with E-state index in [1.165, 1.54) is 11.1 Å². The SMILES string of the molecule is COCCN(C(=O)CCC(=O)N1CCN(C(c2ccccc2)c2ccccc2)CC1)C1CCN(C)CC1. The van der Waals surface area contributed by atoms with Crippen molar-refractivity contribution < 1.29 is 14.3 Å². The van der Waals surface area contributed by atoms with Crippen LogP contribution in [-0.2, 0) is 14.3 Å². The van der Waals surface area contributed by atoms with Gasteiger partial charge in [0.25, 0.3) is 0 Å². The molecular weight excluding hydrogens is 464 g/mol. The fourth-order valence-electron chi connectivity index (χ4n) is 5.64. The Kier molecular flexibility index (Phi) is 10.1. The van der Waals surface area contributed by atoms with E-state index in [-0.39, 0.29) is 36.7 Å². The van der Waals surface area contributed by atoms with Crippen molar-refractivity contribution in [2.24, 2.45) is 0 Å². The molecular formula is C30H42N4O3. The summed E-state index contributed by atoms with van der Waals surface area (Å²) in [7, 11) is 3.79. The maximum Gasteiger partial charge on any atom is 0.223 e. The van der Waals surface area contributed by atoms with E-state index < -0.39 is 0 Å². The van der Waals surface area contributed by atoms with Gasteiger partial charge in [0.1, 0.15) is 0 Å². The molecule has 0 radical (unpaired) electrons. The van der Waals surface area contributed by atoms with Crippen molar-refractivity contribution in [3.63, 3.8) is 0 Å². The molecule has 0 bridgehead atoms. The number of carbonyl (C=O) groups excluding carboxylic acids is 2. The van der Waals surface area contributed by atoms with Gasteiger partial charge in [-0.3, -0.25) is 14.5 Å². The van der Waals surface area contributed by atoms with Crippen LogP contribution in [0.15, 0.2) is 60.7 Å². The first kappa shape index (κ1) is 27.3. The van der Waals surface area contributed by atoms with Crippen LogP contribution >= 0.6 is 0 Å². The first-order chi connectivity index (χ1) is 18.1. The Morgan fingerprint density at radius 1 is 0.865 bits per heavy atom. The van der Waals surface area contributed by atoms with E-state index in [1.807, 2.05) is 21.9 Å². The summed E-state index contributed by atoms with van der Waals surface area (Å²) in [6.07, 6.45) is 2.50. The van der Waals surface area contributed by atoms with E-state index in [1.54, 1.807) is 7.11 Å². The minimum Gasteiger partial charge on any atom is -0.383 e. The Balaban J connectivity index is 1.31. The van der Waals surface area contributed by atoms with Crippen LogP contribution in [0.25, 0.3) is 0 Å². The third-order valence-electron chi connectivity index (χ3n) is 7.80. The zero-order valence-electron chi connectivity index (χ0n) is 22.4. The number of hydrogen-bond donors (Lipinski definition) is 0. The maximum atomic E-state index is 13.2. The number of piperidine rings is 1. The molecule has 2 aliphatic rings. The molecule has 0 aliphatic carbocycles. The predicted octanol–water partition coefficient (Wildman–Crippen LogP) is 3.27. The molecule has 7 nitrogen and oxygen atoms in total. The molecule has 4 rings (SSSR count). The summed E-state index contributed by atoms with van der Waals surface area (Å²) in [6.45, 7) is 6.11. The van der Waals surface area contributed by atoms with Crippen LogP contribution < -0.4 is 0 Å². The van der Waals surface area contributed by atoms with Gasteiger partial charge in [0.2, 0.25) is 11.8 Å². The van der Waals surface area contributed by atoms with Crippen molar-refractivity contribution in [3.05, 3.63) is 71.8 Å². The van der Waals surface area contributed by atoms with Crippen molar-refractivity contribution in [1.82, 2.24) is 19.6 Å². The molecule has 200 valence electrons. The summed E-state index contributed by atoms with van der Waals surface area (Å²) in [6, 6.07) is 21.6. The highest BCUT2D eigenvalue weighted by Gasteiger charge is 2.30. The van der Waals surface area contributed by atoms with Gasteiger partial charge in [-0.2, -0.15) is 0 Å². The minimum absolute atomic E-state index is 0.0757. The van der Waals surface area contributed by atoms with Gasteiger partial charge >= 0.3 is 0 Å². The van der Waals surface area contributed by atoms with Crippen molar-refractivity contribution in [2.75, 3.05) is 66.6 Å². The third-order valence-corrected chi connectivity index (χ3v) is 7.80. The van der Waals surface area contributed by atoms with Crippen LogP contribution in [0, 0.1) is 0 Å². The number of likely N-dealkylation sites (tertiary alicyclic amines) is 1. The van der Waals surface area contributed by atoms with Crippen molar-refractivity contribution in [2.45, 2.75) is 37.8 Å². The number of piperazine rings is 1. The molecule has 7 heteroatoms. The fourth-order valence-corrected chi connectivity index (χ4v) is 5.64. The van der Waals surface area contributed by atoms with Crippen molar-refractivity contribution in [3.8, 4) is 0 Å². The van der Waals surface area contributed by atoms with Crippen LogP contribution in [0.4, 0.5) is 0 Å². The molecule has 0 atom stereocenters. The molecule has 2 aliphatic heterocycles. The first-order valence-electron chi connectivity index (χ1n) is 13.7. The zero-order chi connectivity index (χ0) is 26.0. The van der Waals surface area contributed by atoms with E-state index in [2.05, 4.69) is 65.4 Å². The number of amides is 2. The predicted molar refractivity (Wildman–Crippen MR) is 146 cm³/mol. The van der Waals surface area contributed by atoms with Crippen LogP contribution in [0.1, 0.15) is 42.9 Å². The van der Waals surface area contributed by atoms with Crippen LogP contribution in [0.3, 0.4) is 0 Å². The molecule has 2 aromatic carbocycles. The molecule has 37 heavy (non-hydrogen) atoms. The highest BCUT2D eigenvalue weighted by molar-refractivity contribution is 5.84. The highest BCUT2D eigenvalue weighted by Crippen LogP contribution is 2.29. The molecule has 2 saturated heterocycles. The van der Waals surface area contributed by atoms with Crippen LogP contribution in [0.2, 0.25) is 0 Å². The number of hydrogen-bond acceptors (Lipinski definition) is 5. The largest absolute Gasteiger partial charge is 0.383 e. The van der Waals surface area contributed by atoms with Gasteiger partial charge in [-0.25, -0.2) is 0 Å². The topological polar surface area (TPSA) is 56.3 Å². The minimum atomic E-state index is 0.0757. The average Bonchev–Trinajstić information content (AvgIpc) is 2.94. The van der Waals surface area contributed by atoms with E-state index in [9.17, 15) is 9.59 Å². The lowest BCUT2D eigenvalue weighted by molar-refractivity contribution is -0.140. The molecule has 2 heterocycles. The second-order valence-electron chi connectivity index (χ2n) is 10.3. The Bertz CT molecular complexity index is 931. The summed E-state index contributed by atoms with van der Waals surface area (Å²) >= 11 is 0. The molecule has 2 amide bonds. The number of ether oxygens (including phenoxy) is 1. The second kappa shape index (κ2) is 13.7. The van der Waals surface area contributed by atoms with Crippen LogP contribution in [0.5, 0.6) is 0 Å². The lowest BCUT2D eigenvalue weighted by atomic mass is 9.96. The third kappa shape index (κ3) is 7.40. The standard InChI is InChI=1S/C30H42N4O3/c1-31-17-15-27(16-18-31)34(23-24-37-2)29(36)14-13-28(35)32-19-21-33(22-20-32)30(25-9-5-3-6-10-25)26-11-7-4-8-12-26/h3-12,27,30H,13-24H2,1-2H3. The first-order valence-corrected chi connectivity index (χ1v) is 13.7. The van der Waals surface area contributed by atoms with Gasteiger partial charge < -0.3 is 19.4 Å². The molecule has 0 N–H and O–H groups in total. The Labute approximate surface area is 222 Å². The fraction of sp³-hybridized carbons (Fsp3) is 0.533. The van der Waals surface area contributed by atoms with E-state index in [0.717, 1.165) is 39.0 Å². The van der Waals surface area contributed by atoms with E-state index >= 15 is 0 Å². The second-order valence-corrected chi connectivity index (χ2v) is 10.3. The molecule has 2 fully saturated rings. The van der Waals surface area contributed by atoms with Crippen molar-refractivity contribution >= 4 is 11.8 Å². The van der Waals surface area contributed by atoms with E-state index in [0.29, 0.717) is 26.2 Å². The summed E-state index contributed by atoms with van der Waals surface area (Å²) in [5.74, 6) is 0.158. The Morgan fingerprint density at radius 3 is 1.97 bits per heavy atom. The summed E-state index contributed by atoms with van der Waals surface area (Å²) in [5.41, 5.74) is 2.54.